The number of benzene rings is 3. The molecule has 1 N–H and O–H groups in total. The quantitative estimate of drug-likeness (QED) is 0.556. The van der Waals surface area contributed by atoms with Gasteiger partial charge in [-0.2, -0.15) is 0 Å². The first-order valence-electron chi connectivity index (χ1n) is 9.58. The van der Waals surface area contributed by atoms with Crippen molar-refractivity contribution < 1.29 is 18.7 Å². The summed E-state index contributed by atoms with van der Waals surface area (Å²) in [7, 11) is 0. The first-order chi connectivity index (χ1) is 14.5. The molecule has 3 aromatic carbocycles. The average Bonchev–Trinajstić information content (AvgIpc) is 3.07. The van der Waals surface area contributed by atoms with Crippen LogP contribution in [0.3, 0.4) is 0 Å². The average molecular weight is 421 g/mol. The number of esters is 1. The van der Waals surface area contributed by atoms with Gasteiger partial charge in [-0.1, -0.05) is 48.5 Å². The Morgan fingerprint density at radius 1 is 0.967 bits per heavy atom. The van der Waals surface area contributed by atoms with E-state index in [1.165, 1.54) is 36.0 Å². The molecule has 0 aliphatic heterocycles. The van der Waals surface area contributed by atoms with Gasteiger partial charge in [0, 0.05) is 16.8 Å². The van der Waals surface area contributed by atoms with E-state index >= 15 is 0 Å². The Bertz CT molecular complexity index is 1040. The smallest absolute Gasteiger partial charge is 0.319 e. The number of hydrogen-bond donors (Lipinski definition) is 1. The highest BCUT2D eigenvalue weighted by molar-refractivity contribution is 8.01. The summed E-state index contributed by atoms with van der Waals surface area (Å²) in [6, 6.07) is 21.3. The van der Waals surface area contributed by atoms with Gasteiger partial charge < -0.3 is 10.1 Å². The summed E-state index contributed by atoms with van der Waals surface area (Å²) in [5.41, 5.74) is 4.60. The van der Waals surface area contributed by atoms with Crippen molar-refractivity contribution in [1.29, 1.82) is 0 Å². The number of carbonyl (C=O) groups is 2. The molecule has 0 bridgehead atoms. The van der Waals surface area contributed by atoms with Crippen LogP contribution in [0.2, 0.25) is 0 Å². The highest BCUT2D eigenvalue weighted by Gasteiger charge is 2.32. The van der Waals surface area contributed by atoms with Gasteiger partial charge in [0.25, 0.3) is 0 Å². The van der Waals surface area contributed by atoms with Gasteiger partial charge >= 0.3 is 5.97 Å². The molecule has 30 heavy (non-hydrogen) atoms. The van der Waals surface area contributed by atoms with E-state index in [-0.39, 0.29) is 23.4 Å². The highest BCUT2D eigenvalue weighted by Crippen LogP contribution is 2.45. The third-order valence-electron chi connectivity index (χ3n) is 4.94. The number of thioether (sulfide) groups is 1. The van der Waals surface area contributed by atoms with E-state index in [9.17, 15) is 14.0 Å². The molecule has 1 amide bonds. The summed E-state index contributed by atoms with van der Waals surface area (Å²) in [6.45, 7) is 1.73. The Hall–Kier alpha value is -3.12. The zero-order valence-corrected chi connectivity index (χ0v) is 17.1. The van der Waals surface area contributed by atoms with Crippen LogP contribution in [-0.4, -0.2) is 22.9 Å². The van der Waals surface area contributed by atoms with Crippen molar-refractivity contribution in [3.05, 3.63) is 89.7 Å². The number of halogens is 1. The third-order valence-corrected chi connectivity index (χ3v) is 6.06. The van der Waals surface area contributed by atoms with E-state index in [4.69, 9.17) is 4.74 Å². The van der Waals surface area contributed by atoms with Crippen molar-refractivity contribution in [2.75, 3.05) is 11.1 Å². The largest absolute Gasteiger partial charge is 0.452 e. The molecule has 1 aliphatic carbocycles. The maximum atomic E-state index is 13.0. The predicted molar refractivity (Wildman–Crippen MR) is 117 cm³/mol. The molecule has 1 aliphatic rings. The lowest BCUT2D eigenvalue weighted by Gasteiger charge is -2.18. The van der Waals surface area contributed by atoms with Gasteiger partial charge in [0.05, 0.1) is 5.75 Å². The molecule has 152 valence electrons. The van der Waals surface area contributed by atoms with Crippen molar-refractivity contribution in [2.45, 2.75) is 18.3 Å². The minimum Gasteiger partial charge on any atom is -0.452 e. The topological polar surface area (TPSA) is 55.4 Å². The van der Waals surface area contributed by atoms with Crippen LogP contribution in [0.5, 0.6) is 0 Å². The van der Waals surface area contributed by atoms with Gasteiger partial charge in [-0.05, 0) is 42.3 Å². The van der Waals surface area contributed by atoms with Gasteiger partial charge in [-0.25, -0.2) is 4.39 Å². The molecule has 0 radical (unpaired) electrons. The van der Waals surface area contributed by atoms with E-state index < -0.39 is 11.4 Å². The Balaban J connectivity index is 1.37. The summed E-state index contributed by atoms with van der Waals surface area (Å²) in [5, 5.41) is 2.17. The zero-order valence-electron chi connectivity index (χ0n) is 16.3. The Morgan fingerprint density at radius 2 is 1.53 bits per heavy atom. The van der Waals surface area contributed by atoms with Crippen LogP contribution in [0.25, 0.3) is 11.1 Å². The molecule has 0 aromatic heterocycles. The highest BCUT2D eigenvalue weighted by atomic mass is 32.2. The lowest BCUT2D eigenvalue weighted by atomic mass is 10.1. The SMILES string of the molecule is C[C@@H](SCC(=O)Nc1ccc(F)cc1)C(=O)OC1c2ccccc2-c2ccccc21. The standard InChI is InChI=1S/C24H20FNO3S/c1-15(30-14-22(27)26-17-12-10-16(25)11-13-17)24(28)29-23-20-8-4-2-6-18(20)19-7-3-5-9-21(19)23/h2-13,15,23H,14H2,1H3,(H,26,27)/t15-/m1/s1. The molecule has 0 unspecified atom stereocenters. The fraction of sp³-hybridized carbons (Fsp3) is 0.167. The number of fused-ring (bicyclic) bond motifs is 3. The monoisotopic (exact) mass is 421 g/mol. The van der Waals surface area contributed by atoms with Crippen molar-refractivity contribution in [3.8, 4) is 11.1 Å². The van der Waals surface area contributed by atoms with Crippen LogP contribution in [0.15, 0.2) is 72.8 Å². The lowest BCUT2D eigenvalue weighted by Crippen LogP contribution is -2.23. The first kappa shape index (κ1) is 20.2. The van der Waals surface area contributed by atoms with Gasteiger partial charge in [0.2, 0.25) is 5.91 Å². The van der Waals surface area contributed by atoms with E-state index in [2.05, 4.69) is 5.32 Å². The molecule has 0 spiro atoms. The van der Waals surface area contributed by atoms with Crippen molar-refractivity contribution in [1.82, 2.24) is 0 Å². The zero-order chi connectivity index (χ0) is 21.1. The molecule has 4 rings (SSSR count). The van der Waals surface area contributed by atoms with E-state index in [0.29, 0.717) is 5.69 Å². The van der Waals surface area contributed by atoms with E-state index in [0.717, 1.165) is 22.3 Å². The molecule has 1 atom stereocenters. The number of nitrogens with one attached hydrogen (secondary N) is 1. The van der Waals surface area contributed by atoms with Crippen LogP contribution >= 0.6 is 11.8 Å². The van der Waals surface area contributed by atoms with Gasteiger partial charge in [0.15, 0.2) is 6.10 Å². The second-order valence-corrected chi connectivity index (χ2v) is 8.33. The predicted octanol–water partition coefficient (Wildman–Crippen LogP) is 5.20. The molecule has 0 heterocycles. The van der Waals surface area contributed by atoms with E-state index in [1.54, 1.807) is 6.92 Å². The van der Waals surface area contributed by atoms with Crippen LogP contribution in [-0.2, 0) is 14.3 Å². The second-order valence-electron chi connectivity index (χ2n) is 7.00. The molecule has 0 saturated carbocycles. The number of amides is 1. The molecular formula is C24H20FNO3S. The molecule has 4 nitrogen and oxygen atoms in total. The molecule has 6 heteroatoms. The van der Waals surface area contributed by atoms with Crippen molar-refractivity contribution in [2.24, 2.45) is 0 Å². The van der Waals surface area contributed by atoms with Gasteiger partial charge in [-0.3, -0.25) is 9.59 Å². The summed E-state index contributed by atoms with van der Waals surface area (Å²) < 4.78 is 18.8. The third kappa shape index (κ3) is 4.24. The van der Waals surface area contributed by atoms with Gasteiger partial charge in [-0.15, -0.1) is 11.8 Å². The number of hydrogen-bond acceptors (Lipinski definition) is 4. The fourth-order valence-electron chi connectivity index (χ4n) is 3.45. The normalized spacial score (nSPS) is 13.3. The molecule has 3 aromatic rings. The summed E-state index contributed by atoms with van der Waals surface area (Å²) in [4.78, 5) is 24.8. The molecule has 0 fully saturated rings. The minimum absolute atomic E-state index is 0.0888. The van der Waals surface area contributed by atoms with Crippen LogP contribution in [0.4, 0.5) is 10.1 Å². The minimum atomic E-state index is -0.510. The second kappa shape index (κ2) is 8.71. The number of ether oxygens (including phenoxy) is 1. The molecule has 0 saturated heterocycles. The van der Waals surface area contributed by atoms with Crippen LogP contribution in [0, 0.1) is 5.82 Å². The Morgan fingerprint density at radius 3 is 2.13 bits per heavy atom. The number of carbonyl (C=O) groups excluding carboxylic acids is 2. The first-order valence-corrected chi connectivity index (χ1v) is 10.6. The summed E-state index contributed by atoms with van der Waals surface area (Å²) >= 11 is 1.20. The molecular weight excluding hydrogens is 401 g/mol. The lowest BCUT2D eigenvalue weighted by molar-refractivity contribution is -0.146. The summed E-state index contributed by atoms with van der Waals surface area (Å²) in [6.07, 6.45) is -0.444. The van der Waals surface area contributed by atoms with Crippen LogP contribution in [0.1, 0.15) is 24.2 Å². The van der Waals surface area contributed by atoms with Gasteiger partial charge in [0.1, 0.15) is 11.1 Å². The Labute approximate surface area is 178 Å². The van der Waals surface area contributed by atoms with Crippen molar-refractivity contribution >= 4 is 29.3 Å². The number of anilines is 1. The fourth-order valence-corrected chi connectivity index (χ4v) is 4.11. The van der Waals surface area contributed by atoms with Crippen LogP contribution < -0.4 is 5.32 Å². The summed E-state index contributed by atoms with van der Waals surface area (Å²) in [5.74, 6) is -0.909. The number of rotatable bonds is 6. The maximum absolute atomic E-state index is 13.0. The Kier molecular flexibility index (Phi) is 5.86. The maximum Gasteiger partial charge on any atom is 0.319 e. The van der Waals surface area contributed by atoms with E-state index in [1.807, 2.05) is 48.5 Å². The van der Waals surface area contributed by atoms with Crippen molar-refractivity contribution in [3.63, 3.8) is 0 Å².